The summed E-state index contributed by atoms with van der Waals surface area (Å²) in [6.45, 7) is 3.62. The first-order valence-corrected chi connectivity index (χ1v) is 6.30. The highest BCUT2D eigenvalue weighted by atomic mass is 19.1. The zero-order valence-corrected chi connectivity index (χ0v) is 11.1. The lowest BCUT2D eigenvalue weighted by atomic mass is 10.1. The molecule has 0 unspecified atom stereocenters. The number of fused-ring (bicyclic) bond motifs is 1. The predicted octanol–water partition coefficient (Wildman–Crippen LogP) is 3.72. The van der Waals surface area contributed by atoms with E-state index < -0.39 is 6.22 Å². The highest BCUT2D eigenvalue weighted by molar-refractivity contribution is 5.85. The molecule has 0 heterocycles. The van der Waals surface area contributed by atoms with Crippen LogP contribution in [0.4, 0.5) is 9.18 Å². The minimum atomic E-state index is -1.82. The van der Waals surface area contributed by atoms with Crippen LogP contribution in [0.5, 0.6) is 11.5 Å². The number of benzene rings is 2. The number of carbonyl (C=O) groups is 1. The molecule has 0 bridgehead atoms. The third-order valence-corrected chi connectivity index (χ3v) is 2.68. The molecule has 0 fully saturated rings. The lowest BCUT2D eigenvalue weighted by Gasteiger charge is -2.08. The van der Waals surface area contributed by atoms with Gasteiger partial charge >= 0.3 is 6.22 Å². The molecule has 0 atom stereocenters. The molecule has 0 saturated heterocycles. The first-order valence-electron chi connectivity index (χ1n) is 6.30. The van der Waals surface area contributed by atoms with Crippen LogP contribution in [0.2, 0.25) is 0 Å². The first-order chi connectivity index (χ1) is 9.69. The minimum Gasteiger partial charge on any atom is -0.491 e. The summed E-state index contributed by atoms with van der Waals surface area (Å²) in [5, 5.41) is 1.75. The van der Waals surface area contributed by atoms with Crippen molar-refractivity contribution in [3.8, 4) is 11.5 Å². The molecule has 0 spiro atoms. The smallest absolute Gasteiger partial charge is 0.491 e. The van der Waals surface area contributed by atoms with Crippen molar-refractivity contribution >= 4 is 17.0 Å². The molecule has 2 rings (SSSR count). The van der Waals surface area contributed by atoms with E-state index in [1.54, 1.807) is 18.2 Å². The third kappa shape index (κ3) is 3.93. The SMILES string of the molecule is CCOCCOc1ccc2cc(OC(=O)F)ccc2c1. The van der Waals surface area contributed by atoms with Crippen LogP contribution in [0.1, 0.15) is 6.92 Å². The van der Waals surface area contributed by atoms with Gasteiger partial charge in [-0.3, -0.25) is 0 Å². The fourth-order valence-electron chi connectivity index (χ4n) is 1.81. The average molecular weight is 278 g/mol. The molecule has 0 aliphatic heterocycles. The number of rotatable bonds is 6. The van der Waals surface area contributed by atoms with Gasteiger partial charge in [-0.2, -0.15) is 0 Å². The molecule has 106 valence electrons. The molecule has 0 N–H and O–H groups in total. The Labute approximate surface area is 116 Å². The van der Waals surface area contributed by atoms with Crippen LogP contribution in [0.15, 0.2) is 36.4 Å². The molecule has 4 nitrogen and oxygen atoms in total. The largest absolute Gasteiger partial charge is 0.500 e. The van der Waals surface area contributed by atoms with Gasteiger partial charge < -0.3 is 14.2 Å². The Kier molecular flexibility index (Phi) is 4.90. The summed E-state index contributed by atoms with van der Waals surface area (Å²) in [6, 6.07) is 10.3. The summed E-state index contributed by atoms with van der Waals surface area (Å²) in [4.78, 5) is 10.3. The molecular weight excluding hydrogens is 263 g/mol. The Morgan fingerprint density at radius 1 is 1.05 bits per heavy atom. The van der Waals surface area contributed by atoms with Crippen molar-refractivity contribution in [2.45, 2.75) is 6.92 Å². The molecule has 0 aromatic heterocycles. The Balaban J connectivity index is 2.08. The maximum Gasteiger partial charge on any atom is 0.500 e. The molecule has 0 aliphatic carbocycles. The van der Waals surface area contributed by atoms with Crippen LogP contribution in [-0.4, -0.2) is 26.0 Å². The zero-order chi connectivity index (χ0) is 14.4. The van der Waals surface area contributed by atoms with E-state index in [9.17, 15) is 9.18 Å². The number of halogens is 1. The van der Waals surface area contributed by atoms with E-state index in [4.69, 9.17) is 9.47 Å². The van der Waals surface area contributed by atoms with E-state index in [1.807, 2.05) is 19.1 Å². The summed E-state index contributed by atoms with van der Waals surface area (Å²) in [6.07, 6.45) is -1.82. The maximum absolute atomic E-state index is 12.2. The average Bonchev–Trinajstić information content (AvgIpc) is 2.43. The summed E-state index contributed by atoms with van der Waals surface area (Å²) in [5.41, 5.74) is 0. The third-order valence-electron chi connectivity index (χ3n) is 2.68. The van der Waals surface area contributed by atoms with Gasteiger partial charge in [0, 0.05) is 6.61 Å². The van der Waals surface area contributed by atoms with Crippen LogP contribution < -0.4 is 9.47 Å². The van der Waals surface area contributed by atoms with Gasteiger partial charge in [0.2, 0.25) is 0 Å². The predicted molar refractivity (Wildman–Crippen MR) is 73.1 cm³/mol. The van der Waals surface area contributed by atoms with Gasteiger partial charge in [0.15, 0.2) is 0 Å². The van der Waals surface area contributed by atoms with Crippen LogP contribution in [0.25, 0.3) is 10.8 Å². The molecule has 0 radical (unpaired) electrons. The number of carbonyl (C=O) groups excluding carboxylic acids is 1. The van der Waals surface area contributed by atoms with E-state index in [2.05, 4.69) is 4.74 Å². The second-order valence-electron chi connectivity index (χ2n) is 4.06. The van der Waals surface area contributed by atoms with Crippen molar-refractivity contribution in [3.63, 3.8) is 0 Å². The first kappa shape index (κ1) is 14.3. The topological polar surface area (TPSA) is 44.8 Å². The van der Waals surface area contributed by atoms with E-state index in [1.165, 1.54) is 6.07 Å². The second-order valence-corrected chi connectivity index (χ2v) is 4.06. The van der Waals surface area contributed by atoms with Crippen molar-refractivity contribution in [1.82, 2.24) is 0 Å². The summed E-state index contributed by atoms with van der Waals surface area (Å²) < 4.78 is 27.3. The van der Waals surface area contributed by atoms with Crippen molar-refractivity contribution in [1.29, 1.82) is 0 Å². The Morgan fingerprint density at radius 3 is 2.35 bits per heavy atom. The monoisotopic (exact) mass is 278 g/mol. The van der Waals surface area contributed by atoms with Crippen molar-refractivity contribution in [2.75, 3.05) is 19.8 Å². The quantitative estimate of drug-likeness (QED) is 0.596. The summed E-state index contributed by atoms with van der Waals surface area (Å²) in [7, 11) is 0. The second kappa shape index (κ2) is 6.86. The minimum absolute atomic E-state index is 0.176. The fraction of sp³-hybridized carbons (Fsp3) is 0.267. The lowest BCUT2D eigenvalue weighted by Crippen LogP contribution is -2.06. The van der Waals surface area contributed by atoms with E-state index in [0.29, 0.717) is 19.8 Å². The zero-order valence-electron chi connectivity index (χ0n) is 11.1. The molecule has 5 heteroatoms. The van der Waals surface area contributed by atoms with E-state index in [0.717, 1.165) is 16.5 Å². The van der Waals surface area contributed by atoms with Gasteiger partial charge in [0.25, 0.3) is 0 Å². The molecule has 20 heavy (non-hydrogen) atoms. The number of hydrogen-bond donors (Lipinski definition) is 0. The number of hydrogen-bond acceptors (Lipinski definition) is 4. The van der Waals surface area contributed by atoms with Crippen LogP contribution in [0, 0.1) is 0 Å². The van der Waals surface area contributed by atoms with Crippen molar-refractivity contribution in [3.05, 3.63) is 36.4 Å². The molecular formula is C15H15FO4. The van der Waals surface area contributed by atoms with Gasteiger partial charge in [-0.1, -0.05) is 12.1 Å². The lowest BCUT2D eigenvalue weighted by molar-refractivity contribution is 0.110. The van der Waals surface area contributed by atoms with Crippen LogP contribution in [-0.2, 0) is 4.74 Å². The normalized spacial score (nSPS) is 10.5. The molecule has 0 amide bonds. The summed E-state index contributed by atoms with van der Waals surface area (Å²) in [5.74, 6) is 0.905. The molecule has 0 saturated carbocycles. The van der Waals surface area contributed by atoms with Crippen molar-refractivity contribution < 1.29 is 23.4 Å². The Hall–Kier alpha value is -2.14. The van der Waals surface area contributed by atoms with Gasteiger partial charge in [0.05, 0.1) is 6.61 Å². The van der Waals surface area contributed by atoms with Crippen molar-refractivity contribution in [2.24, 2.45) is 0 Å². The Bertz CT molecular complexity index is 597. The standard InChI is InChI=1S/C15H15FO4/c1-2-18-7-8-19-13-5-3-12-10-14(20-15(16)17)6-4-11(12)9-13/h3-6,9-10H,2,7-8H2,1H3. The van der Waals surface area contributed by atoms with Gasteiger partial charge in [-0.15, -0.1) is 4.39 Å². The highest BCUT2D eigenvalue weighted by Crippen LogP contribution is 2.25. The van der Waals surface area contributed by atoms with Gasteiger partial charge in [0.1, 0.15) is 18.1 Å². The van der Waals surface area contributed by atoms with Gasteiger partial charge in [-0.05, 0) is 42.0 Å². The Morgan fingerprint density at radius 2 is 1.70 bits per heavy atom. The highest BCUT2D eigenvalue weighted by Gasteiger charge is 2.04. The van der Waals surface area contributed by atoms with Crippen LogP contribution in [0.3, 0.4) is 0 Å². The van der Waals surface area contributed by atoms with E-state index in [-0.39, 0.29) is 5.75 Å². The molecule has 2 aromatic carbocycles. The molecule has 2 aromatic rings. The summed E-state index contributed by atoms with van der Waals surface area (Å²) >= 11 is 0. The molecule has 0 aliphatic rings. The number of ether oxygens (including phenoxy) is 3. The maximum atomic E-state index is 12.2. The fourth-order valence-corrected chi connectivity index (χ4v) is 1.81. The van der Waals surface area contributed by atoms with Crippen LogP contribution >= 0.6 is 0 Å². The van der Waals surface area contributed by atoms with E-state index >= 15 is 0 Å². The van der Waals surface area contributed by atoms with Gasteiger partial charge in [-0.25, -0.2) is 4.79 Å².